The molecule has 1 saturated heterocycles. The fourth-order valence-corrected chi connectivity index (χ4v) is 2.74. The molecule has 1 aliphatic rings. The standard InChI is InChI=1S/C17H29N3O/c1-17(2,3)18-11-15-8-5-9-16(19-15)20-10-6-7-14(12-20)13-21-4/h5,8-9,14,18H,6-7,10-13H2,1-4H3. The highest BCUT2D eigenvalue weighted by Crippen LogP contribution is 2.22. The molecule has 0 aromatic carbocycles. The van der Waals surface area contributed by atoms with Crippen LogP contribution < -0.4 is 10.2 Å². The summed E-state index contributed by atoms with van der Waals surface area (Å²) in [5.41, 5.74) is 1.23. The summed E-state index contributed by atoms with van der Waals surface area (Å²) >= 11 is 0. The maximum atomic E-state index is 5.31. The molecular formula is C17H29N3O. The van der Waals surface area contributed by atoms with Gasteiger partial charge in [-0.3, -0.25) is 0 Å². The molecule has 2 rings (SSSR count). The number of piperidine rings is 1. The lowest BCUT2D eigenvalue weighted by Crippen LogP contribution is -2.38. The summed E-state index contributed by atoms with van der Waals surface area (Å²) in [5.74, 6) is 1.73. The molecular weight excluding hydrogens is 262 g/mol. The van der Waals surface area contributed by atoms with E-state index in [1.165, 1.54) is 12.8 Å². The molecule has 1 aliphatic heterocycles. The molecule has 0 amide bonds. The minimum atomic E-state index is 0.117. The maximum Gasteiger partial charge on any atom is 0.128 e. The van der Waals surface area contributed by atoms with Gasteiger partial charge in [0.1, 0.15) is 5.82 Å². The van der Waals surface area contributed by atoms with Gasteiger partial charge in [0.15, 0.2) is 0 Å². The molecule has 1 atom stereocenters. The van der Waals surface area contributed by atoms with E-state index < -0.39 is 0 Å². The first-order valence-electron chi connectivity index (χ1n) is 7.93. The van der Waals surface area contributed by atoms with Crippen molar-refractivity contribution in [2.24, 2.45) is 5.92 Å². The molecule has 4 heteroatoms. The number of pyridine rings is 1. The molecule has 1 aromatic rings. The van der Waals surface area contributed by atoms with E-state index in [2.05, 4.69) is 49.2 Å². The van der Waals surface area contributed by atoms with Crippen LogP contribution in [0, 0.1) is 5.92 Å². The van der Waals surface area contributed by atoms with Crippen LogP contribution in [0.1, 0.15) is 39.3 Å². The lowest BCUT2D eigenvalue weighted by molar-refractivity contribution is 0.143. The van der Waals surface area contributed by atoms with Gasteiger partial charge in [-0.05, 0) is 51.7 Å². The van der Waals surface area contributed by atoms with Crippen molar-refractivity contribution < 1.29 is 4.74 Å². The number of rotatable bonds is 5. The van der Waals surface area contributed by atoms with Gasteiger partial charge in [-0.25, -0.2) is 4.98 Å². The van der Waals surface area contributed by atoms with Crippen molar-refractivity contribution in [3.8, 4) is 0 Å². The molecule has 4 nitrogen and oxygen atoms in total. The van der Waals surface area contributed by atoms with Gasteiger partial charge in [-0.1, -0.05) is 6.07 Å². The molecule has 118 valence electrons. The van der Waals surface area contributed by atoms with Crippen LogP contribution in [0.3, 0.4) is 0 Å². The van der Waals surface area contributed by atoms with Crippen LogP contribution >= 0.6 is 0 Å². The molecule has 0 saturated carbocycles. The number of methoxy groups -OCH3 is 1. The van der Waals surface area contributed by atoms with E-state index in [9.17, 15) is 0 Å². The minimum Gasteiger partial charge on any atom is -0.384 e. The lowest BCUT2D eigenvalue weighted by atomic mass is 9.99. The van der Waals surface area contributed by atoms with Gasteiger partial charge >= 0.3 is 0 Å². The van der Waals surface area contributed by atoms with E-state index in [1.54, 1.807) is 7.11 Å². The van der Waals surface area contributed by atoms with E-state index in [0.29, 0.717) is 5.92 Å². The zero-order valence-corrected chi connectivity index (χ0v) is 13.9. The second-order valence-electron chi connectivity index (χ2n) is 7.00. The third kappa shape index (κ3) is 5.29. The maximum absolute atomic E-state index is 5.31. The predicted octanol–water partition coefficient (Wildman–Crippen LogP) is 2.83. The Morgan fingerprint density at radius 3 is 2.90 bits per heavy atom. The first kappa shape index (κ1) is 16.2. The first-order chi connectivity index (χ1) is 9.98. The summed E-state index contributed by atoms with van der Waals surface area (Å²) in [6.45, 7) is 10.3. The van der Waals surface area contributed by atoms with E-state index in [1.807, 2.05) is 0 Å². The Morgan fingerprint density at radius 2 is 2.19 bits per heavy atom. The molecule has 0 radical (unpaired) electrons. The van der Waals surface area contributed by atoms with Crippen LogP contribution in [0.5, 0.6) is 0 Å². The number of hydrogen-bond acceptors (Lipinski definition) is 4. The number of hydrogen-bond donors (Lipinski definition) is 1. The topological polar surface area (TPSA) is 37.4 Å². The molecule has 21 heavy (non-hydrogen) atoms. The molecule has 1 N–H and O–H groups in total. The highest BCUT2D eigenvalue weighted by Gasteiger charge is 2.21. The second kappa shape index (κ2) is 7.23. The monoisotopic (exact) mass is 291 g/mol. The van der Waals surface area contributed by atoms with E-state index >= 15 is 0 Å². The molecule has 1 fully saturated rings. The van der Waals surface area contributed by atoms with E-state index in [0.717, 1.165) is 37.8 Å². The fourth-order valence-electron chi connectivity index (χ4n) is 2.74. The highest BCUT2D eigenvalue weighted by atomic mass is 16.5. The van der Waals surface area contributed by atoms with Gasteiger partial charge in [0, 0.05) is 32.3 Å². The predicted molar refractivity (Wildman–Crippen MR) is 87.6 cm³/mol. The van der Waals surface area contributed by atoms with Gasteiger partial charge in [0.2, 0.25) is 0 Å². The van der Waals surface area contributed by atoms with Crippen LogP contribution in [-0.4, -0.2) is 37.3 Å². The van der Waals surface area contributed by atoms with Crippen molar-refractivity contribution in [3.05, 3.63) is 23.9 Å². The van der Waals surface area contributed by atoms with Crippen molar-refractivity contribution in [1.29, 1.82) is 0 Å². The molecule has 0 spiro atoms. The van der Waals surface area contributed by atoms with Gasteiger partial charge in [-0.15, -0.1) is 0 Å². The average Bonchev–Trinajstić information content (AvgIpc) is 2.45. The van der Waals surface area contributed by atoms with E-state index in [4.69, 9.17) is 9.72 Å². The summed E-state index contributed by atoms with van der Waals surface area (Å²) in [7, 11) is 1.79. The summed E-state index contributed by atoms with van der Waals surface area (Å²) in [6, 6.07) is 6.33. The Labute approximate surface area is 128 Å². The first-order valence-corrected chi connectivity index (χ1v) is 7.93. The third-order valence-electron chi connectivity index (χ3n) is 3.84. The van der Waals surface area contributed by atoms with Crippen molar-refractivity contribution in [2.75, 3.05) is 31.7 Å². The highest BCUT2D eigenvalue weighted by molar-refractivity contribution is 5.39. The van der Waals surface area contributed by atoms with E-state index in [-0.39, 0.29) is 5.54 Å². The SMILES string of the molecule is COCC1CCCN(c2cccc(CNC(C)(C)C)n2)C1. The number of anilines is 1. The van der Waals surface area contributed by atoms with Gasteiger partial charge in [0.05, 0.1) is 12.3 Å². The largest absolute Gasteiger partial charge is 0.384 e. The zero-order valence-electron chi connectivity index (χ0n) is 13.9. The molecule has 1 unspecified atom stereocenters. The Hall–Kier alpha value is -1.13. The quantitative estimate of drug-likeness (QED) is 0.905. The normalized spacial score (nSPS) is 19.8. The Kier molecular flexibility index (Phi) is 5.59. The second-order valence-corrected chi connectivity index (χ2v) is 7.00. The van der Waals surface area contributed by atoms with Crippen LogP contribution in [-0.2, 0) is 11.3 Å². The average molecular weight is 291 g/mol. The van der Waals surface area contributed by atoms with Crippen molar-refractivity contribution >= 4 is 5.82 Å². The summed E-state index contributed by atoms with van der Waals surface area (Å²) < 4.78 is 5.31. The fraction of sp³-hybridized carbons (Fsp3) is 0.706. The van der Waals surface area contributed by atoms with Crippen LogP contribution in [0.25, 0.3) is 0 Å². The van der Waals surface area contributed by atoms with Crippen molar-refractivity contribution in [3.63, 3.8) is 0 Å². The van der Waals surface area contributed by atoms with Crippen LogP contribution in [0.2, 0.25) is 0 Å². The summed E-state index contributed by atoms with van der Waals surface area (Å²) in [4.78, 5) is 7.21. The smallest absolute Gasteiger partial charge is 0.128 e. The molecule has 0 aliphatic carbocycles. The summed E-state index contributed by atoms with van der Waals surface area (Å²) in [6.07, 6.45) is 2.48. The number of nitrogens with one attached hydrogen (secondary N) is 1. The van der Waals surface area contributed by atoms with Crippen LogP contribution in [0.15, 0.2) is 18.2 Å². The number of nitrogens with zero attached hydrogens (tertiary/aromatic N) is 2. The third-order valence-corrected chi connectivity index (χ3v) is 3.84. The zero-order chi connectivity index (χ0) is 15.3. The van der Waals surface area contributed by atoms with Gasteiger partial charge < -0.3 is 15.0 Å². The Balaban J connectivity index is 1.99. The van der Waals surface area contributed by atoms with Gasteiger partial charge in [-0.2, -0.15) is 0 Å². The Bertz CT molecular complexity index is 440. The molecule has 0 bridgehead atoms. The molecule has 2 heterocycles. The van der Waals surface area contributed by atoms with Crippen molar-refractivity contribution in [2.45, 2.75) is 45.7 Å². The number of ether oxygens (including phenoxy) is 1. The van der Waals surface area contributed by atoms with Crippen LogP contribution in [0.4, 0.5) is 5.82 Å². The summed E-state index contributed by atoms with van der Waals surface area (Å²) in [5, 5.41) is 3.50. The molecule has 1 aromatic heterocycles. The number of aromatic nitrogens is 1. The minimum absolute atomic E-state index is 0.117. The lowest BCUT2D eigenvalue weighted by Gasteiger charge is -2.33. The van der Waals surface area contributed by atoms with Gasteiger partial charge in [0.25, 0.3) is 0 Å². The Morgan fingerprint density at radius 1 is 1.38 bits per heavy atom. The van der Waals surface area contributed by atoms with Crippen molar-refractivity contribution in [1.82, 2.24) is 10.3 Å².